The van der Waals surface area contributed by atoms with Gasteiger partial charge in [-0.3, -0.25) is 4.79 Å². The number of rotatable bonds is 5. The number of hydrogen-bond donors (Lipinski definition) is 3. The Kier molecular flexibility index (Phi) is 5.57. The van der Waals surface area contributed by atoms with Crippen molar-refractivity contribution in [3.8, 4) is 0 Å². The van der Waals surface area contributed by atoms with E-state index in [0.717, 1.165) is 0 Å². The third-order valence-electron chi connectivity index (χ3n) is 2.84. The highest BCUT2D eigenvalue weighted by Crippen LogP contribution is 2.04. The van der Waals surface area contributed by atoms with Crippen LogP contribution in [-0.2, 0) is 7.05 Å². The summed E-state index contributed by atoms with van der Waals surface area (Å²) in [6, 6.07) is 2.58. The molecule has 1 atom stereocenters. The summed E-state index contributed by atoms with van der Waals surface area (Å²) >= 11 is 0. The predicted octanol–water partition coefficient (Wildman–Crippen LogP) is 0.914. The van der Waals surface area contributed by atoms with Crippen molar-refractivity contribution in [1.82, 2.24) is 9.88 Å². The lowest BCUT2D eigenvalue weighted by Crippen LogP contribution is -2.32. The Morgan fingerprint density at radius 1 is 1.42 bits per heavy atom. The minimum absolute atomic E-state index is 0.133. The molecule has 106 valence electrons. The van der Waals surface area contributed by atoms with Crippen LogP contribution in [0.4, 0.5) is 10.5 Å². The number of aliphatic hydroxyl groups excluding tert-OH is 1. The molecule has 0 aliphatic heterocycles. The lowest BCUT2D eigenvalue weighted by Gasteiger charge is -2.14. The van der Waals surface area contributed by atoms with Gasteiger partial charge in [-0.25, -0.2) is 4.79 Å². The number of hydrogen-bond acceptors (Lipinski definition) is 3. The van der Waals surface area contributed by atoms with E-state index >= 15 is 0 Å². The van der Waals surface area contributed by atoms with Crippen molar-refractivity contribution in [3.63, 3.8) is 0 Å². The second-order valence-electron chi connectivity index (χ2n) is 4.85. The highest BCUT2D eigenvalue weighted by molar-refractivity contribution is 5.88. The zero-order chi connectivity index (χ0) is 14.4. The first-order chi connectivity index (χ1) is 8.90. The smallest absolute Gasteiger partial charge is 0.319 e. The number of nitrogens with one attached hydrogen (secondary N) is 2. The van der Waals surface area contributed by atoms with Crippen molar-refractivity contribution < 1.29 is 9.90 Å². The molecule has 1 aromatic heterocycles. The Hall–Kier alpha value is -1.82. The number of pyridine rings is 1. The lowest BCUT2D eigenvalue weighted by molar-refractivity contribution is 0.117. The predicted molar refractivity (Wildman–Crippen MR) is 74.2 cm³/mol. The van der Waals surface area contributed by atoms with Crippen molar-refractivity contribution in [2.45, 2.75) is 26.4 Å². The molecule has 0 aromatic carbocycles. The molecule has 2 amide bonds. The van der Waals surface area contributed by atoms with Crippen molar-refractivity contribution >= 4 is 11.7 Å². The van der Waals surface area contributed by atoms with Gasteiger partial charge >= 0.3 is 6.03 Å². The van der Waals surface area contributed by atoms with Gasteiger partial charge in [0.1, 0.15) is 0 Å². The van der Waals surface area contributed by atoms with Crippen LogP contribution in [0.2, 0.25) is 0 Å². The molecule has 0 saturated carbocycles. The molecule has 1 heterocycles. The molecule has 0 bridgehead atoms. The quantitative estimate of drug-likeness (QED) is 0.741. The molecule has 3 N–H and O–H groups in total. The molecule has 19 heavy (non-hydrogen) atoms. The summed E-state index contributed by atoms with van der Waals surface area (Å²) in [6.07, 6.45) is 1.64. The number of amides is 2. The number of anilines is 1. The molecular weight excluding hydrogens is 246 g/mol. The number of nitrogens with zero attached hydrogens (tertiary/aromatic N) is 1. The van der Waals surface area contributed by atoms with Gasteiger partial charge in [0.2, 0.25) is 5.56 Å². The number of aliphatic hydroxyl groups is 1. The normalized spacial score (nSPS) is 12.3. The molecular formula is C13H21N3O3. The van der Waals surface area contributed by atoms with Crippen molar-refractivity contribution in [3.05, 3.63) is 28.7 Å². The van der Waals surface area contributed by atoms with E-state index in [1.807, 2.05) is 13.8 Å². The van der Waals surface area contributed by atoms with Gasteiger partial charge in [-0.1, -0.05) is 13.8 Å². The van der Waals surface area contributed by atoms with Crippen LogP contribution in [0.5, 0.6) is 0 Å². The Morgan fingerprint density at radius 3 is 2.68 bits per heavy atom. The molecule has 6 heteroatoms. The summed E-state index contributed by atoms with van der Waals surface area (Å²) in [5, 5.41) is 14.9. The van der Waals surface area contributed by atoms with Gasteiger partial charge in [0, 0.05) is 25.9 Å². The van der Waals surface area contributed by atoms with Gasteiger partial charge in [-0.05, 0) is 18.4 Å². The van der Waals surface area contributed by atoms with Gasteiger partial charge in [0.15, 0.2) is 0 Å². The average Bonchev–Trinajstić information content (AvgIpc) is 2.33. The zero-order valence-electron chi connectivity index (χ0n) is 11.5. The van der Waals surface area contributed by atoms with Crippen LogP contribution < -0.4 is 16.2 Å². The maximum atomic E-state index is 11.6. The number of carbonyl (C=O) groups is 1. The van der Waals surface area contributed by atoms with Crippen LogP contribution in [0.3, 0.4) is 0 Å². The molecule has 1 unspecified atom stereocenters. The Bertz CT molecular complexity index is 482. The van der Waals surface area contributed by atoms with E-state index < -0.39 is 6.10 Å². The third kappa shape index (κ3) is 5.13. The maximum absolute atomic E-state index is 11.6. The number of carbonyl (C=O) groups excluding carboxylic acids is 1. The summed E-state index contributed by atoms with van der Waals surface area (Å²) in [6.45, 7) is 4.25. The molecule has 1 rings (SSSR count). The van der Waals surface area contributed by atoms with Crippen LogP contribution in [0.25, 0.3) is 0 Å². The standard InChI is InChI=1S/C13H21N3O3/c1-9(2)11(17)6-7-14-13(19)15-10-4-5-12(18)16(3)8-10/h4-5,8-9,11,17H,6-7H2,1-3H3,(H2,14,15,19). The number of aromatic nitrogens is 1. The first kappa shape index (κ1) is 15.2. The summed E-state index contributed by atoms with van der Waals surface area (Å²) in [7, 11) is 1.62. The molecule has 0 radical (unpaired) electrons. The summed E-state index contributed by atoms with van der Waals surface area (Å²) in [5.74, 6) is 0.175. The van der Waals surface area contributed by atoms with Crippen LogP contribution >= 0.6 is 0 Å². The lowest BCUT2D eigenvalue weighted by atomic mass is 10.0. The average molecular weight is 267 g/mol. The fraction of sp³-hybridized carbons (Fsp3) is 0.538. The molecule has 0 fully saturated rings. The van der Waals surface area contributed by atoms with Gasteiger partial charge in [0.25, 0.3) is 0 Å². The van der Waals surface area contributed by atoms with Crippen molar-refractivity contribution in [2.75, 3.05) is 11.9 Å². The molecule has 0 aliphatic carbocycles. The van der Waals surface area contributed by atoms with Crippen LogP contribution in [0.1, 0.15) is 20.3 Å². The molecule has 0 spiro atoms. The highest BCUT2D eigenvalue weighted by Gasteiger charge is 2.09. The second kappa shape index (κ2) is 6.94. The van der Waals surface area contributed by atoms with Crippen LogP contribution in [0.15, 0.2) is 23.1 Å². The molecule has 6 nitrogen and oxygen atoms in total. The van der Waals surface area contributed by atoms with Crippen LogP contribution in [0, 0.1) is 5.92 Å². The number of aryl methyl sites for hydroxylation is 1. The van der Waals surface area contributed by atoms with E-state index in [2.05, 4.69) is 10.6 Å². The Morgan fingerprint density at radius 2 is 2.11 bits per heavy atom. The van der Waals surface area contributed by atoms with Crippen molar-refractivity contribution in [2.24, 2.45) is 13.0 Å². The fourth-order valence-electron chi connectivity index (χ4n) is 1.51. The van der Waals surface area contributed by atoms with E-state index in [0.29, 0.717) is 18.7 Å². The van der Waals surface area contributed by atoms with Gasteiger partial charge < -0.3 is 20.3 Å². The summed E-state index contributed by atoms with van der Waals surface area (Å²) < 4.78 is 1.39. The monoisotopic (exact) mass is 267 g/mol. The topological polar surface area (TPSA) is 83.4 Å². The van der Waals surface area contributed by atoms with E-state index in [4.69, 9.17) is 0 Å². The molecule has 0 saturated heterocycles. The number of urea groups is 1. The Balaban J connectivity index is 2.39. The molecule has 0 aliphatic rings. The third-order valence-corrected chi connectivity index (χ3v) is 2.84. The minimum Gasteiger partial charge on any atom is -0.393 e. The fourth-order valence-corrected chi connectivity index (χ4v) is 1.51. The van der Waals surface area contributed by atoms with Gasteiger partial charge in [0.05, 0.1) is 11.8 Å². The Labute approximate surface area is 112 Å². The van der Waals surface area contributed by atoms with Crippen LogP contribution in [-0.4, -0.2) is 28.4 Å². The highest BCUT2D eigenvalue weighted by atomic mass is 16.3. The maximum Gasteiger partial charge on any atom is 0.319 e. The summed E-state index contributed by atoms with van der Waals surface area (Å²) in [4.78, 5) is 22.7. The first-order valence-corrected chi connectivity index (χ1v) is 6.29. The SMILES string of the molecule is CC(C)C(O)CCNC(=O)Nc1ccc(=O)n(C)c1. The van der Waals surface area contributed by atoms with Gasteiger partial charge in [-0.15, -0.1) is 0 Å². The minimum atomic E-state index is -0.419. The van der Waals surface area contributed by atoms with E-state index in [-0.39, 0.29) is 17.5 Å². The van der Waals surface area contributed by atoms with E-state index in [9.17, 15) is 14.7 Å². The van der Waals surface area contributed by atoms with E-state index in [1.54, 1.807) is 19.3 Å². The van der Waals surface area contributed by atoms with E-state index in [1.165, 1.54) is 10.6 Å². The molecule has 1 aromatic rings. The summed E-state index contributed by atoms with van der Waals surface area (Å²) in [5.41, 5.74) is 0.412. The van der Waals surface area contributed by atoms with Gasteiger partial charge in [-0.2, -0.15) is 0 Å². The first-order valence-electron chi connectivity index (χ1n) is 6.29. The largest absolute Gasteiger partial charge is 0.393 e. The zero-order valence-corrected chi connectivity index (χ0v) is 11.5. The second-order valence-corrected chi connectivity index (χ2v) is 4.85. The van der Waals surface area contributed by atoms with Crippen molar-refractivity contribution in [1.29, 1.82) is 0 Å².